The number of nitrogens with one attached hydrogen (secondary N) is 1. The highest BCUT2D eigenvalue weighted by atomic mass is 32.2. The standard InChI is InChI=1S/C17H23N3O4S/c1-5-10-12-8(2)14(13(17(23)24)20(12)15(10)21)25-9-6-11(18-7-9)16(22)19(3)4/h5,8-9,11-12,18H,6-7H2,1-4H3,(H,23,24)/b10-5-/t8-,9+,11+,12+/m1/s1. The van der Waals surface area contributed by atoms with Crippen LogP contribution in [0.5, 0.6) is 0 Å². The first kappa shape index (κ1) is 18.0. The fourth-order valence-electron chi connectivity index (χ4n) is 3.81. The summed E-state index contributed by atoms with van der Waals surface area (Å²) in [5, 5.41) is 13.0. The van der Waals surface area contributed by atoms with Gasteiger partial charge >= 0.3 is 5.97 Å². The van der Waals surface area contributed by atoms with Crippen molar-refractivity contribution >= 4 is 29.5 Å². The van der Waals surface area contributed by atoms with Crippen LogP contribution < -0.4 is 5.32 Å². The first-order chi connectivity index (χ1) is 11.8. The number of amides is 2. The molecule has 2 fully saturated rings. The number of hydrogen-bond donors (Lipinski definition) is 2. The SMILES string of the molecule is C/C=C1\C(=O)N2C(C(=O)O)=C(S[C@@H]3CN[C@H](C(=O)N(C)C)C3)[C@H](C)[C@@H]12. The number of fused-ring (bicyclic) bond motifs is 1. The lowest BCUT2D eigenvalue weighted by Gasteiger charge is -2.40. The van der Waals surface area contributed by atoms with E-state index in [1.165, 1.54) is 16.7 Å². The summed E-state index contributed by atoms with van der Waals surface area (Å²) >= 11 is 1.50. The minimum atomic E-state index is -1.06. The number of likely N-dealkylation sites (N-methyl/N-ethyl adjacent to an activating group) is 1. The summed E-state index contributed by atoms with van der Waals surface area (Å²) in [5.74, 6) is -1.28. The normalized spacial score (nSPS) is 32.9. The van der Waals surface area contributed by atoms with Gasteiger partial charge in [0.15, 0.2) is 0 Å². The lowest BCUT2D eigenvalue weighted by atomic mass is 9.88. The van der Waals surface area contributed by atoms with Crippen molar-refractivity contribution in [3.05, 3.63) is 22.3 Å². The van der Waals surface area contributed by atoms with Crippen LogP contribution in [0.4, 0.5) is 0 Å². The van der Waals surface area contributed by atoms with Crippen molar-refractivity contribution in [1.82, 2.24) is 15.1 Å². The lowest BCUT2D eigenvalue weighted by Crippen LogP contribution is -2.54. The summed E-state index contributed by atoms with van der Waals surface area (Å²) in [6, 6.07) is -0.400. The van der Waals surface area contributed by atoms with Gasteiger partial charge in [-0.2, -0.15) is 0 Å². The summed E-state index contributed by atoms with van der Waals surface area (Å²) in [4.78, 5) is 39.8. The van der Waals surface area contributed by atoms with Gasteiger partial charge in [-0.15, -0.1) is 11.8 Å². The smallest absolute Gasteiger partial charge is 0.353 e. The number of allylic oxidation sites excluding steroid dienone is 1. The number of β-lactam (4-membered cyclic amide) rings is 1. The third-order valence-electron chi connectivity index (χ3n) is 5.06. The Hall–Kier alpha value is -1.80. The third-order valence-corrected chi connectivity index (χ3v) is 6.57. The molecule has 0 aliphatic carbocycles. The fraction of sp³-hybridized carbons (Fsp3) is 0.588. The molecule has 0 bridgehead atoms. The number of carboxylic acid groups (broad SMARTS) is 1. The zero-order valence-electron chi connectivity index (χ0n) is 14.8. The summed E-state index contributed by atoms with van der Waals surface area (Å²) < 4.78 is 0. The molecule has 4 atom stereocenters. The highest BCUT2D eigenvalue weighted by molar-refractivity contribution is 8.03. The van der Waals surface area contributed by atoms with Crippen LogP contribution in [0.15, 0.2) is 22.3 Å². The molecule has 0 spiro atoms. The van der Waals surface area contributed by atoms with Gasteiger partial charge in [-0.1, -0.05) is 13.0 Å². The zero-order valence-corrected chi connectivity index (χ0v) is 15.6. The van der Waals surface area contributed by atoms with Gasteiger partial charge in [0.2, 0.25) is 5.91 Å². The number of carbonyl (C=O) groups excluding carboxylic acids is 2. The second-order valence-corrected chi connectivity index (χ2v) is 8.18. The van der Waals surface area contributed by atoms with Gasteiger partial charge in [-0.25, -0.2) is 4.79 Å². The number of carbonyl (C=O) groups is 3. The third kappa shape index (κ3) is 2.77. The van der Waals surface area contributed by atoms with E-state index in [0.717, 1.165) is 4.91 Å². The average Bonchev–Trinajstić information content (AvgIpc) is 3.10. The largest absolute Gasteiger partial charge is 0.477 e. The monoisotopic (exact) mass is 365 g/mol. The molecule has 3 heterocycles. The molecule has 25 heavy (non-hydrogen) atoms. The van der Waals surface area contributed by atoms with E-state index in [9.17, 15) is 19.5 Å². The Morgan fingerprint density at radius 1 is 1.40 bits per heavy atom. The molecule has 0 aromatic heterocycles. The highest BCUT2D eigenvalue weighted by Crippen LogP contribution is 2.50. The van der Waals surface area contributed by atoms with Crippen molar-refractivity contribution in [2.75, 3.05) is 20.6 Å². The maximum atomic E-state index is 12.2. The predicted molar refractivity (Wildman–Crippen MR) is 94.7 cm³/mol. The van der Waals surface area contributed by atoms with E-state index in [2.05, 4.69) is 5.32 Å². The molecule has 3 aliphatic rings. The van der Waals surface area contributed by atoms with Crippen LogP contribution in [0.1, 0.15) is 20.3 Å². The number of nitrogens with zero attached hydrogens (tertiary/aromatic N) is 2. The molecule has 7 nitrogen and oxygen atoms in total. The minimum absolute atomic E-state index is 0.0326. The van der Waals surface area contributed by atoms with Crippen molar-refractivity contribution in [3.8, 4) is 0 Å². The molecule has 0 aromatic rings. The molecule has 0 aromatic carbocycles. The Morgan fingerprint density at radius 3 is 2.64 bits per heavy atom. The van der Waals surface area contributed by atoms with Gasteiger partial charge in [-0.05, 0) is 13.3 Å². The molecule has 2 saturated heterocycles. The van der Waals surface area contributed by atoms with E-state index in [4.69, 9.17) is 0 Å². The first-order valence-corrected chi connectivity index (χ1v) is 9.24. The summed E-state index contributed by atoms with van der Waals surface area (Å²) in [6.45, 7) is 4.42. The van der Waals surface area contributed by atoms with Crippen LogP contribution in [0, 0.1) is 5.92 Å². The summed E-state index contributed by atoms with van der Waals surface area (Å²) in [5.41, 5.74) is 0.799. The molecule has 3 rings (SSSR count). The van der Waals surface area contributed by atoms with Crippen LogP contribution in [-0.4, -0.2) is 70.7 Å². The van der Waals surface area contributed by atoms with Crippen molar-refractivity contribution in [1.29, 1.82) is 0 Å². The van der Waals surface area contributed by atoms with Crippen molar-refractivity contribution < 1.29 is 19.5 Å². The van der Waals surface area contributed by atoms with Crippen molar-refractivity contribution in [3.63, 3.8) is 0 Å². The van der Waals surface area contributed by atoms with Gasteiger partial charge in [0.1, 0.15) is 5.70 Å². The number of carboxylic acids is 1. The molecule has 2 amide bonds. The molecule has 136 valence electrons. The molecule has 0 radical (unpaired) electrons. The van der Waals surface area contributed by atoms with Crippen LogP contribution in [0.2, 0.25) is 0 Å². The van der Waals surface area contributed by atoms with E-state index in [1.54, 1.807) is 32.0 Å². The Balaban J connectivity index is 1.79. The van der Waals surface area contributed by atoms with Crippen LogP contribution in [0.25, 0.3) is 0 Å². The molecule has 3 aliphatic heterocycles. The first-order valence-electron chi connectivity index (χ1n) is 8.36. The molecule has 0 saturated carbocycles. The van der Waals surface area contributed by atoms with Gasteiger partial charge in [0.25, 0.3) is 5.91 Å². The Labute approximate surface area is 151 Å². The fourth-order valence-corrected chi connectivity index (χ4v) is 5.28. The number of thioether (sulfide) groups is 1. The van der Waals surface area contributed by atoms with Gasteiger partial charge in [0, 0.05) is 42.3 Å². The maximum absolute atomic E-state index is 12.2. The molecule has 2 N–H and O–H groups in total. The predicted octanol–water partition coefficient (Wildman–Crippen LogP) is 0.641. The van der Waals surface area contributed by atoms with Crippen molar-refractivity contribution in [2.45, 2.75) is 37.6 Å². The second-order valence-electron chi connectivity index (χ2n) is 6.84. The molecular weight excluding hydrogens is 342 g/mol. The number of aliphatic carboxylic acids is 1. The maximum Gasteiger partial charge on any atom is 0.353 e. The van der Waals surface area contributed by atoms with Gasteiger partial charge < -0.3 is 15.3 Å². The molecule has 0 unspecified atom stereocenters. The highest BCUT2D eigenvalue weighted by Gasteiger charge is 2.55. The van der Waals surface area contributed by atoms with E-state index < -0.39 is 5.97 Å². The lowest BCUT2D eigenvalue weighted by molar-refractivity contribution is -0.142. The topological polar surface area (TPSA) is 90.0 Å². The Bertz CT molecular complexity index is 700. The summed E-state index contributed by atoms with van der Waals surface area (Å²) in [6.07, 6.45) is 2.43. The van der Waals surface area contributed by atoms with Gasteiger partial charge in [-0.3, -0.25) is 14.5 Å². The Morgan fingerprint density at radius 2 is 2.08 bits per heavy atom. The van der Waals surface area contributed by atoms with Crippen LogP contribution in [-0.2, 0) is 14.4 Å². The van der Waals surface area contributed by atoms with Crippen molar-refractivity contribution in [2.24, 2.45) is 5.92 Å². The summed E-state index contributed by atoms with van der Waals surface area (Å²) in [7, 11) is 3.45. The van der Waals surface area contributed by atoms with Crippen LogP contribution >= 0.6 is 11.8 Å². The van der Waals surface area contributed by atoms with Gasteiger partial charge in [0.05, 0.1) is 12.1 Å². The molecular formula is C17H23N3O4S. The quantitative estimate of drug-likeness (QED) is 0.561. The average molecular weight is 365 g/mol. The molecule has 8 heteroatoms. The zero-order chi connectivity index (χ0) is 18.5. The van der Waals surface area contributed by atoms with E-state index in [0.29, 0.717) is 18.5 Å². The van der Waals surface area contributed by atoms with E-state index >= 15 is 0 Å². The number of rotatable bonds is 4. The Kier molecular flexibility index (Phi) is 4.68. The number of hydrogen-bond acceptors (Lipinski definition) is 5. The van der Waals surface area contributed by atoms with Crippen LogP contribution in [0.3, 0.4) is 0 Å². The van der Waals surface area contributed by atoms with E-state index in [-0.39, 0.29) is 40.8 Å². The second kappa shape index (κ2) is 6.49. The van der Waals surface area contributed by atoms with E-state index in [1.807, 2.05) is 6.92 Å². The minimum Gasteiger partial charge on any atom is -0.477 e.